The summed E-state index contributed by atoms with van der Waals surface area (Å²) in [4.78, 5) is 6.07. The smallest absolute Gasteiger partial charge is 0.191 e. The minimum Gasteiger partial charge on any atom is -0.380 e. The Morgan fingerprint density at radius 3 is 2.90 bits per heavy atom. The van der Waals surface area contributed by atoms with Crippen molar-refractivity contribution >= 4 is 17.3 Å². The average molecular weight is 297 g/mol. The van der Waals surface area contributed by atoms with Gasteiger partial charge in [-0.15, -0.1) is 11.3 Å². The van der Waals surface area contributed by atoms with Gasteiger partial charge >= 0.3 is 0 Å². The SMILES string of the molecule is CCNC(=NCC(C)Cc1cccs1)NCCOCC. The van der Waals surface area contributed by atoms with E-state index >= 15 is 0 Å². The zero-order valence-electron chi connectivity index (χ0n) is 12.8. The van der Waals surface area contributed by atoms with Crippen LogP contribution >= 0.6 is 11.3 Å². The van der Waals surface area contributed by atoms with Gasteiger partial charge in [0, 0.05) is 31.1 Å². The number of nitrogens with zero attached hydrogens (tertiary/aromatic N) is 1. The Labute approximate surface area is 126 Å². The van der Waals surface area contributed by atoms with Gasteiger partial charge in [-0.3, -0.25) is 4.99 Å². The van der Waals surface area contributed by atoms with Gasteiger partial charge in [0.05, 0.1) is 6.61 Å². The van der Waals surface area contributed by atoms with Crippen molar-refractivity contribution in [3.05, 3.63) is 22.4 Å². The van der Waals surface area contributed by atoms with E-state index in [9.17, 15) is 0 Å². The molecule has 0 fully saturated rings. The highest BCUT2D eigenvalue weighted by Gasteiger charge is 2.05. The van der Waals surface area contributed by atoms with Gasteiger partial charge in [-0.2, -0.15) is 0 Å². The van der Waals surface area contributed by atoms with Gasteiger partial charge in [0.25, 0.3) is 0 Å². The maximum Gasteiger partial charge on any atom is 0.191 e. The Morgan fingerprint density at radius 2 is 2.25 bits per heavy atom. The third kappa shape index (κ3) is 7.50. The first-order valence-electron chi connectivity index (χ1n) is 7.38. The van der Waals surface area contributed by atoms with Crippen LogP contribution < -0.4 is 10.6 Å². The molecule has 2 N–H and O–H groups in total. The van der Waals surface area contributed by atoms with Crippen molar-refractivity contribution in [1.29, 1.82) is 0 Å². The Kier molecular flexibility index (Phi) is 9.07. The van der Waals surface area contributed by atoms with Crippen molar-refractivity contribution in [1.82, 2.24) is 10.6 Å². The molecule has 0 aliphatic rings. The summed E-state index contributed by atoms with van der Waals surface area (Å²) >= 11 is 1.82. The summed E-state index contributed by atoms with van der Waals surface area (Å²) in [5.41, 5.74) is 0. The van der Waals surface area contributed by atoms with Gasteiger partial charge in [-0.25, -0.2) is 0 Å². The lowest BCUT2D eigenvalue weighted by Crippen LogP contribution is -2.39. The first-order valence-corrected chi connectivity index (χ1v) is 8.26. The Morgan fingerprint density at radius 1 is 1.40 bits per heavy atom. The predicted molar refractivity (Wildman–Crippen MR) is 87.7 cm³/mol. The van der Waals surface area contributed by atoms with E-state index in [1.54, 1.807) is 0 Å². The number of hydrogen-bond acceptors (Lipinski definition) is 3. The van der Waals surface area contributed by atoms with Crippen LogP contribution in [0.4, 0.5) is 0 Å². The fraction of sp³-hybridized carbons (Fsp3) is 0.667. The summed E-state index contributed by atoms with van der Waals surface area (Å²) < 4.78 is 5.31. The monoisotopic (exact) mass is 297 g/mol. The number of rotatable bonds is 9. The first-order chi connectivity index (χ1) is 9.76. The van der Waals surface area contributed by atoms with Crippen LogP contribution in [0.1, 0.15) is 25.6 Å². The molecule has 0 radical (unpaired) electrons. The number of nitrogens with one attached hydrogen (secondary N) is 2. The van der Waals surface area contributed by atoms with Crippen LogP contribution in [-0.4, -0.2) is 38.8 Å². The van der Waals surface area contributed by atoms with Crippen LogP contribution in [0.5, 0.6) is 0 Å². The lowest BCUT2D eigenvalue weighted by atomic mass is 10.1. The first kappa shape index (κ1) is 17.0. The topological polar surface area (TPSA) is 45.7 Å². The molecule has 4 nitrogen and oxygen atoms in total. The van der Waals surface area contributed by atoms with E-state index in [1.165, 1.54) is 4.88 Å². The predicted octanol–water partition coefficient (Wildman–Crippen LogP) is 2.52. The van der Waals surface area contributed by atoms with Crippen molar-refractivity contribution in [3.63, 3.8) is 0 Å². The van der Waals surface area contributed by atoms with Crippen molar-refractivity contribution in [2.24, 2.45) is 10.9 Å². The normalized spacial score (nSPS) is 13.2. The van der Waals surface area contributed by atoms with Gasteiger partial charge < -0.3 is 15.4 Å². The molecule has 1 aromatic rings. The highest BCUT2D eigenvalue weighted by atomic mass is 32.1. The van der Waals surface area contributed by atoms with Gasteiger partial charge in [0.15, 0.2) is 5.96 Å². The quantitative estimate of drug-likeness (QED) is 0.418. The second-order valence-corrected chi connectivity index (χ2v) is 5.76. The summed E-state index contributed by atoms with van der Waals surface area (Å²) in [5, 5.41) is 8.68. The van der Waals surface area contributed by atoms with E-state index < -0.39 is 0 Å². The summed E-state index contributed by atoms with van der Waals surface area (Å²) in [6.07, 6.45) is 1.10. The third-order valence-electron chi connectivity index (χ3n) is 2.78. The van der Waals surface area contributed by atoms with Crippen molar-refractivity contribution in [3.8, 4) is 0 Å². The Balaban J connectivity index is 2.32. The van der Waals surface area contributed by atoms with E-state index in [4.69, 9.17) is 4.74 Å². The molecule has 0 bridgehead atoms. The van der Waals surface area contributed by atoms with Crippen molar-refractivity contribution in [2.75, 3.05) is 32.8 Å². The molecule has 0 spiro atoms. The number of aliphatic imine (C=N–C) groups is 1. The molecule has 1 unspecified atom stereocenters. The molecule has 1 aromatic heterocycles. The molecule has 0 aromatic carbocycles. The summed E-state index contributed by atoms with van der Waals surface area (Å²) in [6.45, 7) is 10.3. The molecule has 0 saturated heterocycles. The van der Waals surface area contributed by atoms with Crippen molar-refractivity contribution in [2.45, 2.75) is 27.2 Å². The summed E-state index contributed by atoms with van der Waals surface area (Å²) in [5.74, 6) is 1.43. The van der Waals surface area contributed by atoms with Crippen LogP contribution in [0.3, 0.4) is 0 Å². The van der Waals surface area contributed by atoms with Crippen molar-refractivity contribution < 1.29 is 4.74 Å². The molecule has 0 amide bonds. The molecule has 0 saturated carbocycles. The minimum atomic E-state index is 0.552. The van der Waals surface area contributed by atoms with Gasteiger partial charge in [0.2, 0.25) is 0 Å². The highest BCUT2D eigenvalue weighted by molar-refractivity contribution is 7.09. The van der Waals surface area contributed by atoms with Gasteiger partial charge in [-0.05, 0) is 37.6 Å². The lowest BCUT2D eigenvalue weighted by molar-refractivity contribution is 0.152. The van der Waals surface area contributed by atoms with E-state index in [-0.39, 0.29) is 0 Å². The molecule has 20 heavy (non-hydrogen) atoms. The Bertz CT molecular complexity index is 365. The van der Waals surface area contributed by atoms with E-state index in [0.29, 0.717) is 12.5 Å². The molecule has 0 aliphatic carbocycles. The molecule has 1 rings (SSSR count). The van der Waals surface area contributed by atoms with E-state index in [2.05, 4.69) is 47.0 Å². The number of guanidine groups is 1. The third-order valence-corrected chi connectivity index (χ3v) is 3.68. The molecule has 1 heterocycles. The number of ether oxygens (including phenoxy) is 1. The lowest BCUT2D eigenvalue weighted by Gasteiger charge is -2.13. The minimum absolute atomic E-state index is 0.552. The van der Waals surface area contributed by atoms with Gasteiger partial charge in [-0.1, -0.05) is 13.0 Å². The molecule has 5 heteroatoms. The summed E-state index contributed by atoms with van der Waals surface area (Å²) in [6, 6.07) is 4.30. The van der Waals surface area contributed by atoms with Crippen LogP contribution in [0, 0.1) is 5.92 Å². The summed E-state index contributed by atoms with van der Waals surface area (Å²) in [7, 11) is 0. The second kappa shape index (κ2) is 10.7. The van der Waals surface area contributed by atoms with E-state index in [1.807, 2.05) is 18.3 Å². The van der Waals surface area contributed by atoms with Crippen LogP contribution in [-0.2, 0) is 11.2 Å². The molecule has 0 aliphatic heterocycles. The zero-order valence-corrected chi connectivity index (χ0v) is 13.6. The highest BCUT2D eigenvalue weighted by Crippen LogP contribution is 2.14. The maximum absolute atomic E-state index is 5.31. The van der Waals surface area contributed by atoms with Gasteiger partial charge in [0.1, 0.15) is 0 Å². The maximum atomic E-state index is 5.31. The fourth-order valence-corrected chi connectivity index (χ4v) is 2.68. The standard InChI is InChI=1S/C15H27N3OS/c1-4-16-15(17-8-9-19-5-2)18-12-13(3)11-14-7-6-10-20-14/h6-7,10,13H,4-5,8-9,11-12H2,1-3H3,(H2,16,17,18). The second-order valence-electron chi connectivity index (χ2n) is 4.73. The van der Waals surface area contributed by atoms with Crippen LogP contribution in [0.25, 0.3) is 0 Å². The number of hydrogen-bond donors (Lipinski definition) is 2. The molecule has 114 valence electrons. The van der Waals surface area contributed by atoms with E-state index in [0.717, 1.165) is 38.6 Å². The van der Waals surface area contributed by atoms with Crippen LogP contribution in [0.2, 0.25) is 0 Å². The fourth-order valence-electron chi connectivity index (χ4n) is 1.81. The van der Waals surface area contributed by atoms with Crippen LogP contribution in [0.15, 0.2) is 22.5 Å². The largest absolute Gasteiger partial charge is 0.380 e. The zero-order chi connectivity index (χ0) is 14.6. The average Bonchev–Trinajstić information content (AvgIpc) is 2.93. The molecular formula is C15H27N3OS. The Hall–Kier alpha value is -1.07. The molecule has 1 atom stereocenters. The molecular weight excluding hydrogens is 270 g/mol. The number of thiophene rings is 1.